The van der Waals surface area contributed by atoms with E-state index in [-0.39, 0.29) is 12.1 Å². The van der Waals surface area contributed by atoms with Crippen molar-refractivity contribution in [3.8, 4) is 6.07 Å². The van der Waals surface area contributed by atoms with E-state index in [0.717, 1.165) is 13.1 Å². The van der Waals surface area contributed by atoms with Crippen molar-refractivity contribution < 1.29 is 0 Å². The lowest BCUT2D eigenvalue weighted by atomic mass is 9.92. The minimum absolute atomic E-state index is 0.0466. The van der Waals surface area contributed by atoms with E-state index < -0.39 is 0 Å². The first-order valence-corrected chi connectivity index (χ1v) is 8.16. The molecule has 1 saturated heterocycles. The SMILES string of the molecule is CC1CC(C)CN(Cc2nc3ccccc3c(=O)n2CC#N)C1. The van der Waals surface area contributed by atoms with Crippen LogP contribution in [0.5, 0.6) is 0 Å². The molecule has 0 bridgehead atoms. The van der Waals surface area contributed by atoms with Crippen LogP contribution in [0.25, 0.3) is 10.9 Å². The molecule has 0 amide bonds. The minimum Gasteiger partial charge on any atom is -0.295 e. The average Bonchev–Trinajstić information content (AvgIpc) is 2.50. The molecule has 5 heteroatoms. The predicted octanol–water partition coefficient (Wildman–Crippen LogP) is 2.40. The van der Waals surface area contributed by atoms with Gasteiger partial charge >= 0.3 is 0 Å². The molecule has 2 heterocycles. The Bertz CT molecular complexity index is 795. The molecular formula is C18H22N4O. The van der Waals surface area contributed by atoms with Crippen molar-refractivity contribution in [3.63, 3.8) is 0 Å². The van der Waals surface area contributed by atoms with Crippen LogP contribution in [-0.2, 0) is 13.1 Å². The molecule has 120 valence electrons. The number of nitrogens with zero attached hydrogens (tertiary/aromatic N) is 4. The predicted molar refractivity (Wildman–Crippen MR) is 89.8 cm³/mol. The monoisotopic (exact) mass is 310 g/mol. The Morgan fingerprint density at radius 2 is 1.96 bits per heavy atom. The molecule has 0 radical (unpaired) electrons. The van der Waals surface area contributed by atoms with Crippen molar-refractivity contribution in [3.05, 3.63) is 40.4 Å². The van der Waals surface area contributed by atoms with Gasteiger partial charge in [0.2, 0.25) is 0 Å². The number of rotatable bonds is 3. The van der Waals surface area contributed by atoms with Crippen LogP contribution in [0.3, 0.4) is 0 Å². The number of aromatic nitrogens is 2. The van der Waals surface area contributed by atoms with Gasteiger partial charge in [0.1, 0.15) is 12.4 Å². The molecule has 2 unspecified atom stereocenters. The third kappa shape index (κ3) is 3.27. The molecule has 1 fully saturated rings. The van der Waals surface area contributed by atoms with Crippen LogP contribution >= 0.6 is 0 Å². The number of piperidine rings is 1. The van der Waals surface area contributed by atoms with Gasteiger partial charge in [-0.1, -0.05) is 26.0 Å². The van der Waals surface area contributed by atoms with Crippen molar-refractivity contribution in [2.75, 3.05) is 13.1 Å². The van der Waals surface area contributed by atoms with E-state index in [1.165, 1.54) is 11.0 Å². The van der Waals surface area contributed by atoms with Gasteiger partial charge in [-0.05, 0) is 30.4 Å². The summed E-state index contributed by atoms with van der Waals surface area (Å²) in [5, 5.41) is 9.66. The summed E-state index contributed by atoms with van der Waals surface area (Å²) in [6.07, 6.45) is 1.24. The van der Waals surface area contributed by atoms with E-state index in [2.05, 4.69) is 29.8 Å². The Kier molecular flexibility index (Phi) is 4.44. The van der Waals surface area contributed by atoms with E-state index in [9.17, 15) is 4.79 Å². The second kappa shape index (κ2) is 6.51. The summed E-state index contributed by atoms with van der Waals surface area (Å²) in [7, 11) is 0. The van der Waals surface area contributed by atoms with Crippen LogP contribution in [0.15, 0.2) is 29.1 Å². The molecule has 2 atom stereocenters. The fourth-order valence-corrected chi connectivity index (χ4v) is 3.69. The Morgan fingerprint density at radius 1 is 1.26 bits per heavy atom. The number of nitriles is 1. The zero-order valence-electron chi connectivity index (χ0n) is 13.7. The number of hydrogen-bond acceptors (Lipinski definition) is 4. The minimum atomic E-state index is -0.120. The topological polar surface area (TPSA) is 61.9 Å². The highest BCUT2D eigenvalue weighted by Gasteiger charge is 2.23. The highest BCUT2D eigenvalue weighted by molar-refractivity contribution is 5.77. The number of likely N-dealkylation sites (tertiary alicyclic amines) is 1. The Morgan fingerprint density at radius 3 is 2.65 bits per heavy atom. The van der Waals surface area contributed by atoms with Gasteiger partial charge in [-0.3, -0.25) is 14.3 Å². The van der Waals surface area contributed by atoms with Crippen LogP contribution < -0.4 is 5.56 Å². The molecule has 2 aromatic rings. The third-order valence-electron chi connectivity index (χ3n) is 4.48. The molecule has 0 spiro atoms. The molecular weight excluding hydrogens is 288 g/mol. The summed E-state index contributed by atoms with van der Waals surface area (Å²) < 4.78 is 1.52. The summed E-state index contributed by atoms with van der Waals surface area (Å²) in [6, 6.07) is 9.44. The van der Waals surface area contributed by atoms with Crippen molar-refractivity contribution in [2.45, 2.75) is 33.4 Å². The van der Waals surface area contributed by atoms with E-state index in [1.807, 2.05) is 18.2 Å². The summed E-state index contributed by atoms with van der Waals surface area (Å²) >= 11 is 0. The zero-order chi connectivity index (χ0) is 16.4. The second-order valence-corrected chi connectivity index (χ2v) is 6.73. The van der Waals surface area contributed by atoms with E-state index in [0.29, 0.717) is 35.1 Å². The van der Waals surface area contributed by atoms with Crippen molar-refractivity contribution in [2.24, 2.45) is 11.8 Å². The maximum atomic E-state index is 12.7. The molecule has 0 aliphatic carbocycles. The summed E-state index contributed by atoms with van der Waals surface area (Å²) in [6.45, 7) is 7.22. The Labute approximate surface area is 136 Å². The molecule has 3 rings (SSSR count). The standard InChI is InChI=1S/C18H22N4O/c1-13-9-14(2)11-21(10-13)12-17-20-16-6-4-3-5-15(16)18(23)22(17)8-7-19/h3-6,13-14H,8-12H2,1-2H3. The Hall–Kier alpha value is -2.19. The lowest BCUT2D eigenvalue weighted by molar-refractivity contribution is 0.130. The Balaban J connectivity index is 2.00. The third-order valence-corrected chi connectivity index (χ3v) is 4.48. The van der Waals surface area contributed by atoms with Crippen molar-refractivity contribution in [1.82, 2.24) is 14.5 Å². The van der Waals surface area contributed by atoms with Gasteiger partial charge in [-0.15, -0.1) is 0 Å². The van der Waals surface area contributed by atoms with Crippen molar-refractivity contribution in [1.29, 1.82) is 5.26 Å². The van der Waals surface area contributed by atoms with Gasteiger partial charge in [0.15, 0.2) is 0 Å². The fourth-order valence-electron chi connectivity index (χ4n) is 3.69. The van der Waals surface area contributed by atoms with Crippen LogP contribution in [0, 0.1) is 23.2 Å². The van der Waals surface area contributed by atoms with Crippen LogP contribution in [-0.4, -0.2) is 27.5 Å². The van der Waals surface area contributed by atoms with Gasteiger partial charge in [-0.2, -0.15) is 5.26 Å². The first kappa shape index (κ1) is 15.7. The smallest absolute Gasteiger partial charge is 0.262 e. The summed E-state index contributed by atoms with van der Waals surface area (Å²) in [4.78, 5) is 19.7. The summed E-state index contributed by atoms with van der Waals surface area (Å²) in [5.74, 6) is 1.99. The lowest BCUT2D eigenvalue weighted by Crippen LogP contribution is -2.40. The van der Waals surface area contributed by atoms with Gasteiger partial charge in [-0.25, -0.2) is 4.98 Å². The maximum Gasteiger partial charge on any atom is 0.262 e. The lowest BCUT2D eigenvalue weighted by Gasteiger charge is -2.34. The number of benzene rings is 1. The first-order valence-electron chi connectivity index (χ1n) is 8.16. The average molecular weight is 310 g/mol. The normalized spacial score (nSPS) is 22.1. The van der Waals surface area contributed by atoms with Crippen LogP contribution in [0.1, 0.15) is 26.1 Å². The largest absolute Gasteiger partial charge is 0.295 e. The zero-order valence-corrected chi connectivity index (χ0v) is 13.7. The van der Waals surface area contributed by atoms with E-state index in [1.54, 1.807) is 6.07 Å². The highest BCUT2D eigenvalue weighted by atomic mass is 16.1. The number of hydrogen-bond donors (Lipinski definition) is 0. The summed E-state index contributed by atoms with van der Waals surface area (Å²) in [5.41, 5.74) is 0.588. The maximum absolute atomic E-state index is 12.7. The van der Waals surface area contributed by atoms with Crippen LogP contribution in [0.2, 0.25) is 0 Å². The highest BCUT2D eigenvalue weighted by Crippen LogP contribution is 2.22. The molecule has 23 heavy (non-hydrogen) atoms. The van der Waals surface area contributed by atoms with Crippen molar-refractivity contribution >= 4 is 10.9 Å². The molecule has 1 aromatic carbocycles. The van der Waals surface area contributed by atoms with Gasteiger partial charge < -0.3 is 0 Å². The molecule has 0 saturated carbocycles. The molecule has 1 aliphatic rings. The second-order valence-electron chi connectivity index (χ2n) is 6.73. The first-order chi connectivity index (χ1) is 11.1. The molecule has 5 nitrogen and oxygen atoms in total. The van der Waals surface area contributed by atoms with E-state index in [4.69, 9.17) is 5.26 Å². The molecule has 0 N–H and O–H groups in total. The van der Waals surface area contributed by atoms with Gasteiger partial charge in [0.25, 0.3) is 5.56 Å². The number of fused-ring (bicyclic) bond motifs is 1. The van der Waals surface area contributed by atoms with Gasteiger partial charge in [0.05, 0.1) is 23.5 Å². The molecule has 1 aromatic heterocycles. The quantitative estimate of drug-likeness (QED) is 0.873. The van der Waals surface area contributed by atoms with Crippen LogP contribution in [0.4, 0.5) is 0 Å². The number of para-hydroxylation sites is 1. The fraction of sp³-hybridized carbons (Fsp3) is 0.500. The van der Waals surface area contributed by atoms with Gasteiger partial charge in [0, 0.05) is 13.1 Å². The molecule has 1 aliphatic heterocycles. The van der Waals surface area contributed by atoms with E-state index >= 15 is 0 Å².